The molecule has 0 radical (unpaired) electrons. The van der Waals surface area contributed by atoms with E-state index in [2.05, 4.69) is 15.5 Å². The molecule has 1 heterocycles. The first-order chi connectivity index (χ1) is 7.65. The summed E-state index contributed by atoms with van der Waals surface area (Å²) in [5.74, 6) is 0.617. The molecule has 0 aliphatic carbocycles. The van der Waals surface area contributed by atoms with E-state index < -0.39 is 0 Å². The van der Waals surface area contributed by atoms with E-state index in [4.69, 9.17) is 4.52 Å². The van der Waals surface area contributed by atoms with Gasteiger partial charge in [-0.15, -0.1) is 0 Å². The molecule has 84 valence electrons. The van der Waals surface area contributed by atoms with Crippen molar-refractivity contribution in [3.63, 3.8) is 0 Å². The van der Waals surface area contributed by atoms with Crippen molar-refractivity contribution in [2.75, 3.05) is 5.32 Å². The lowest BCUT2D eigenvalue weighted by Gasteiger charge is -2.01. The van der Waals surface area contributed by atoms with E-state index in [0.29, 0.717) is 11.8 Å². The van der Waals surface area contributed by atoms with Crippen LogP contribution in [-0.4, -0.2) is 16.2 Å². The zero-order valence-electron chi connectivity index (χ0n) is 9.69. The minimum absolute atomic E-state index is 0.283. The number of rotatable bonds is 3. The van der Waals surface area contributed by atoms with Crippen molar-refractivity contribution in [1.29, 1.82) is 0 Å². The minimum atomic E-state index is 0.283. The van der Waals surface area contributed by atoms with Gasteiger partial charge in [0.25, 0.3) is 0 Å². The van der Waals surface area contributed by atoms with E-state index >= 15 is 0 Å². The molecule has 0 atom stereocenters. The van der Waals surface area contributed by atoms with Gasteiger partial charge < -0.3 is 9.84 Å². The van der Waals surface area contributed by atoms with Gasteiger partial charge in [-0.2, -0.15) is 4.98 Å². The molecule has 0 fully saturated rings. The molecule has 1 aromatic carbocycles. The molecule has 2 aromatic rings. The van der Waals surface area contributed by atoms with Crippen LogP contribution in [0.1, 0.15) is 19.4 Å². The van der Waals surface area contributed by atoms with Gasteiger partial charge in [0.2, 0.25) is 5.82 Å². The second-order valence-corrected chi connectivity index (χ2v) is 4.09. The molecule has 1 N–H and O–H groups in total. The second kappa shape index (κ2) is 4.35. The maximum absolute atomic E-state index is 5.10. The van der Waals surface area contributed by atoms with Gasteiger partial charge in [-0.25, -0.2) is 0 Å². The molecule has 0 aliphatic rings. The van der Waals surface area contributed by atoms with Crippen LogP contribution in [-0.2, 0) is 0 Å². The number of hydrogen-bond acceptors (Lipinski definition) is 4. The lowest BCUT2D eigenvalue weighted by molar-refractivity contribution is 0.429. The molecular formula is C12H15N3O. The maximum Gasteiger partial charge on any atom is 0.321 e. The van der Waals surface area contributed by atoms with E-state index in [1.807, 2.05) is 45.0 Å². The zero-order chi connectivity index (χ0) is 11.5. The van der Waals surface area contributed by atoms with Gasteiger partial charge in [0.1, 0.15) is 0 Å². The smallest absolute Gasteiger partial charge is 0.321 e. The number of benzene rings is 1. The molecule has 4 nitrogen and oxygen atoms in total. The molecule has 0 saturated carbocycles. The van der Waals surface area contributed by atoms with E-state index in [1.165, 1.54) is 5.56 Å². The Labute approximate surface area is 94.7 Å². The monoisotopic (exact) mass is 217 g/mol. The Hall–Kier alpha value is -1.84. The van der Waals surface area contributed by atoms with Crippen molar-refractivity contribution in [2.24, 2.45) is 0 Å². The quantitative estimate of drug-likeness (QED) is 0.858. The van der Waals surface area contributed by atoms with Crippen molar-refractivity contribution in [3.05, 3.63) is 29.8 Å². The Kier molecular flexibility index (Phi) is 2.90. The summed E-state index contributed by atoms with van der Waals surface area (Å²) in [5.41, 5.74) is 2.15. The summed E-state index contributed by atoms with van der Waals surface area (Å²) >= 11 is 0. The van der Waals surface area contributed by atoms with E-state index in [9.17, 15) is 0 Å². The summed E-state index contributed by atoms with van der Waals surface area (Å²) < 4.78 is 5.10. The summed E-state index contributed by atoms with van der Waals surface area (Å²) in [6, 6.07) is 8.77. The molecule has 0 unspecified atom stereocenters. The third-order valence-electron chi connectivity index (χ3n) is 2.11. The zero-order valence-corrected chi connectivity index (χ0v) is 9.69. The summed E-state index contributed by atoms with van der Waals surface area (Å²) in [4.78, 5) is 4.27. The van der Waals surface area contributed by atoms with Crippen molar-refractivity contribution in [2.45, 2.75) is 26.8 Å². The third kappa shape index (κ3) is 2.39. The van der Waals surface area contributed by atoms with Crippen molar-refractivity contribution < 1.29 is 4.52 Å². The van der Waals surface area contributed by atoms with Gasteiger partial charge in [0.05, 0.1) is 0 Å². The molecule has 0 spiro atoms. The Morgan fingerprint density at radius 1 is 1.31 bits per heavy atom. The van der Waals surface area contributed by atoms with Crippen LogP contribution in [0.15, 0.2) is 28.8 Å². The Balaban J connectivity index is 2.24. The van der Waals surface area contributed by atoms with Crippen LogP contribution in [0.25, 0.3) is 11.4 Å². The van der Waals surface area contributed by atoms with Gasteiger partial charge in [-0.1, -0.05) is 28.9 Å². The molecule has 2 rings (SSSR count). The minimum Gasteiger partial charge on any atom is -0.336 e. The fourth-order valence-electron chi connectivity index (χ4n) is 1.43. The van der Waals surface area contributed by atoms with Crippen LogP contribution in [0.5, 0.6) is 0 Å². The first-order valence-corrected chi connectivity index (χ1v) is 5.32. The van der Waals surface area contributed by atoms with E-state index in [1.54, 1.807) is 0 Å². The lowest BCUT2D eigenvalue weighted by atomic mass is 10.1. The van der Waals surface area contributed by atoms with Crippen molar-refractivity contribution >= 4 is 6.01 Å². The summed E-state index contributed by atoms with van der Waals surface area (Å²) in [7, 11) is 0. The first-order valence-electron chi connectivity index (χ1n) is 5.32. The molecule has 4 heteroatoms. The van der Waals surface area contributed by atoms with E-state index in [0.717, 1.165) is 5.56 Å². The third-order valence-corrected chi connectivity index (χ3v) is 2.11. The summed E-state index contributed by atoms with van der Waals surface area (Å²) in [6.45, 7) is 6.09. The number of anilines is 1. The highest BCUT2D eigenvalue weighted by Crippen LogP contribution is 2.18. The summed E-state index contributed by atoms with van der Waals surface area (Å²) in [5, 5.41) is 7.00. The number of nitrogens with zero attached hydrogens (tertiary/aromatic N) is 2. The molecule has 16 heavy (non-hydrogen) atoms. The molecule has 0 saturated heterocycles. The van der Waals surface area contributed by atoms with Gasteiger partial charge in [0.15, 0.2) is 0 Å². The predicted molar refractivity (Wildman–Crippen MR) is 63.2 cm³/mol. The standard InChI is InChI=1S/C12H15N3O/c1-8(2)13-12-14-11(15-16-12)10-6-4-5-9(3)7-10/h4-8H,1-3H3,(H,13,14,15). The van der Waals surface area contributed by atoms with Crippen molar-refractivity contribution in [3.8, 4) is 11.4 Å². The van der Waals surface area contributed by atoms with Gasteiger partial charge in [-0.3, -0.25) is 0 Å². The maximum atomic E-state index is 5.10. The topological polar surface area (TPSA) is 51.0 Å². The molecular weight excluding hydrogens is 202 g/mol. The van der Waals surface area contributed by atoms with Gasteiger partial charge in [0, 0.05) is 11.6 Å². The predicted octanol–water partition coefficient (Wildman–Crippen LogP) is 2.87. The summed E-state index contributed by atoms with van der Waals surface area (Å²) in [6.07, 6.45) is 0. The average Bonchev–Trinajstić information content (AvgIpc) is 2.65. The lowest BCUT2D eigenvalue weighted by Crippen LogP contribution is -2.09. The largest absolute Gasteiger partial charge is 0.336 e. The van der Waals surface area contributed by atoms with Crippen LogP contribution in [0.3, 0.4) is 0 Å². The number of aryl methyl sites for hydroxylation is 1. The van der Waals surface area contributed by atoms with Crippen molar-refractivity contribution in [1.82, 2.24) is 10.1 Å². The Bertz CT molecular complexity index is 477. The average molecular weight is 217 g/mol. The number of hydrogen-bond donors (Lipinski definition) is 1. The van der Waals surface area contributed by atoms with Crippen LogP contribution in [0.4, 0.5) is 6.01 Å². The first kappa shape index (κ1) is 10.7. The van der Waals surface area contributed by atoms with Gasteiger partial charge in [-0.05, 0) is 26.8 Å². The van der Waals surface area contributed by atoms with Gasteiger partial charge >= 0.3 is 6.01 Å². The molecule has 0 amide bonds. The molecule has 0 aliphatic heterocycles. The fraction of sp³-hybridized carbons (Fsp3) is 0.333. The van der Waals surface area contributed by atoms with E-state index in [-0.39, 0.29) is 6.04 Å². The fourth-order valence-corrected chi connectivity index (χ4v) is 1.43. The number of nitrogens with one attached hydrogen (secondary N) is 1. The Morgan fingerprint density at radius 3 is 2.81 bits per heavy atom. The van der Waals surface area contributed by atoms with Crippen LogP contribution in [0, 0.1) is 6.92 Å². The van der Waals surface area contributed by atoms with Crippen LogP contribution in [0.2, 0.25) is 0 Å². The second-order valence-electron chi connectivity index (χ2n) is 4.09. The van der Waals surface area contributed by atoms with Crippen LogP contribution >= 0.6 is 0 Å². The molecule has 0 bridgehead atoms. The van der Waals surface area contributed by atoms with Crippen LogP contribution < -0.4 is 5.32 Å². The molecule has 1 aromatic heterocycles. The Morgan fingerprint density at radius 2 is 2.12 bits per heavy atom. The SMILES string of the molecule is Cc1cccc(-c2noc(NC(C)C)n2)c1. The highest BCUT2D eigenvalue weighted by atomic mass is 16.5. The number of aromatic nitrogens is 2. The normalized spacial score (nSPS) is 10.8. The highest BCUT2D eigenvalue weighted by molar-refractivity contribution is 5.56. The highest BCUT2D eigenvalue weighted by Gasteiger charge is 2.08.